The lowest BCUT2D eigenvalue weighted by molar-refractivity contribution is 0.144. The largest absolute Gasteiger partial charge is 0.382 e. The van der Waals surface area contributed by atoms with Gasteiger partial charge in [-0.25, -0.2) is 8.78 Å². The van der Waals surface area contributed by atoms with Crippen molar-refractivity contribution in [1.82, 2.24) is 10.6 Å². The summed E-state index contributed by atoms with van der Waals surface area (Å²) < 4.78 is 33.2. The summed E-state index contributed by atoms with van der Waals surface area (Å²) in [5, 5.41) is 6.61. The van der Waals surface area contributed by atoms with Gasteiger partial charge in [0.1, 0.15) is 17.3 Å². The molecule has 0 aromatic heterocycles. The first-order chi connectivity index (χ1) is 12.7. The van der Waals surface area contributed by atoms with Crippen LogP contribution in [0.2, 0.25) is 0 Å². The van der Waals surface area contributed by atoms with Crippen molar-refractivity contribution in [2.24, 2.45) is 4.99 Å². The molecule has 1 heterocycles. The zero-order chi connectivity index (χ0) is 18.8. The number of unbranched alkanes of at least 4 members (excludes halogenated alkanes) is 1. The highest BCUT2D eigenvalue weighted by atomic mass is 19.1. The van der Waals surface area contributed by atoms with Crippen LogP contribution < -0.4 is 15.5 Å². The van der Waals surface area contributed by atoms with Crippen molar-refractivity contribution in [3.8, 4) is 0 Å². The number of halogens is 2. The summed E-state index contributed by atoms with van der Waals surface area (Å²) in [6, 6.07) is 4.09. The van der Waals surface area contributed by atoms with Crippen molar-refractivity contribution in [2.75, 3.05) is 44.3 Å². The number of hydrogen-bond acceptors (Lipinski definition) is 3. The van der Waals surface area contributed by atoms with Crippen LogP contribution in [0.5, 0.6) is 0 Å². The Balaban J connectivity index is 1.86. The first-order valence-electron chi connectivity index (χ1n) is 9.47. The van der Waals surface area contributed by atoms with E-state index >= 15 is 0 Å². The number of ether oxygens (including phenoxy) is 1. The average molecular weight is 368 g/mol. The van der Waals surface area contributed by atoms with Crippen LogP contribution >= 0.6 is 0 Å². The molecule has 0 saturated carbocycles. The number of guanidine groups is 1. The molecular formula is C19H30F2N4O. The van der Waals surface area contributed by atoms with Crippen molar-refractivity contribution in [2.45, 2.75) is 39.2 Å². The molecule has 7 heteroatoms. The zero-order valence-electron chi connectivity index (χ0n) is 15.7. The quantitative estimate of drug-likeness (QED) is 0.400. The van der Waals surface area contributed by atoms with Gasteiger partial charge < -0.3 is 20.3 Å². The van der Waals surface area contributed by atoms with Gasteiger partial charge in [-0.1, -0.05) is 6.07 Å². The van der Waals surface area contributed by atoms with Gasteiger partial charge in [0.15, 0.2) is 5.96 Å². The average Bonchev–Trinajstić information content (AvgIpc) is 3.06. The molecule has 26 heavy (non-hydrogen) atoms. The number of para-hydroxylation sites is 1. The van der Waals surface area contributed by atoms with Crippen LogP contribution in [0.4, 0.5) is 14.5 Å². The maximum absolute atomic E-state index is 14.0. The van der Waals surface area contributed by atoms with Crippen LogP contribution in [-0.4, -0.2) is 51.4 Å². The smallest absolute Gasteiger partial charge is 0.191 e. The molecule has 1 aromatic carbocycles. The fourth-order valence-electron chi connectivity index (χ4n) is 3.04. The molecule has 0 radical (unpaired) electrons. The lowest BCUT2D eigenvalue weighted by Gasteiger charge is -2.21. The first kappa shape index (κ1) is 20.4. The van der Waals surface area contributed by atoms with Crippen LogP contribution in [0.3, 0.4) is 0 Å². The van der Waals surface area contributed by atoms with Crippen molar-refractivity contribution in [1.29, 1.82) is 0 Å². The summed E-state index contributed by atoms with van der Waals surface area (Å²) >= 11 is 0. The predicted octanol–water partition coefficient (Wildman–Crippen LogP) is 2.92. The molecule has 0 spiro atoms. The highest BCUT2D eigenvalue weighted by Crippen LogP contribution is 2.26. The number of nitrogens with zero attached hydrogens (tertiary/aromatic N) is 2. The molecule has 1 fully saturated rings. The van der Waals surface area contributed by atoms with Gasteiger partial charge in [0.25, 0.3) is 0 Å². The Morgan fingerprint density at radius 2 is 2.04 bits per heavy atom. The summed E-state index contributed by atoms with van der Waals surface area (Å²) in [7, 11) is 0. The molecule has 146 valence electrons. The molecule has 1 aromatic rings. The molecule has 1 unspecified atom stereocenters. The Hall–Kier alpha value is -1.89. The molecular weight excluding hydrogens is 338 g/mol. The van der Waals surface area contributed by atoms with E-state index in [9.17, 15) is 8.78 Å². The second-order valence-electron chi connectivity index (χ2n) is 6.31. The lowest BCUT2D eigenvalue weighted by atomic mass is 10.2. The Labute approximate surface area is 154 Å². The molecule has 1 aliphatic rings. The van der Waals surface area contributed by atoms with Gasteiger partial charge in [-0.05, 0) is 45.2 Å². The number of nitrogens with one attached hydrogen (secondary N) is 2. The lowest BCUT2D eigenvalue weighted by Crippen LogP contribution is -2.44. The highest BCUT2D eigenvalue weighted by molar-refractivity contribution is 5.80. The van der Waals surface area contributed by atoms with Gasteiger partial charge >= 0.3 is 0 Å². The maximum Gasteiger partial charge on any atom is 0.191 e. The minimum atomic E-state index is -0.513. The van der Waals surface area contributed by atoms with Crippen molar-refractivity contribution >= 4 is 11.6 Å². The van der Waals surface area contributed by atoms with E-state index in [2.05, 4.69) is 15.6 Å². The number of anilines is 1. The third-order valence-electron chi connectivity index (χ3n) is 4.30. The van der Waals surface area contributed by atoms with E-state index in [4.69, 9.17) is 4.74 Å². The monoisotopic (exact) mass is 368 g/mol. The maximum atomic E-state index is 14.0. The van der Waals surface area contributed by atoms with E-state index in [-0.39, 0.29) is 11.7 Å². The Bertz CT molecular complexity index is 562. The van der Waals surface area contributed by atoms with Gasteiger partial charge in [0, 0.05) is 45.4 Å². The molecule has 2 N–H and O–H groups in total. The molecule has 5 nitrogen and oxygen atoms in total. The summed E-state index contributed by atoms with van der Waals surface area (Å²) in [5.74, 6) is -0.272. The van der Waals surface area contributed by atoms with E-state index in [1.54, 1.807) is 4.90 Å². The molecule has 2 rings (SSSR count). The van der Waals surface area contributed by atoms with E-state index in [1.165, 1.54) is 18.2 Å². The molecule has 0 amide bonds. The van der Waals surface area contributed by atoms with E-state index in [0.717, 1.165) is 51.5 Å². The SMILES string of the molecule is CCNC(=NCCCCOCC)NC1CCN(c2c(F)cccc2F)C1. The molecule has 1 saturated heterocycles. The van der Waals surface area contributed by atoms with Gasteiger partial charge in [-0.3, -0.25) is 4.99 Å². The molecule has 0 bridgehead atoms. The Kier molecular flexibility index (Phi) is 8.61. The third-order valence-corrected chi connectivity index (χ3v) is 4.30. The standard InChI is InChI=1S/C19H30F2N4O/c1-3-22-19(23-11-5-6-13-26-4-2)24-15-10-12-25(14-15)18-16(20)8-7-9-17(18)21/h7-9,15H,3-6,10-14H2,1-2H3,(H2,22,23,24). The summed E-state index contributed by atoms with van der Waals surface area (Å²) in [6.45, 7) is 8.17. The minimum absolute atomic E-state index is 0.0645. The van der Waals surface area contributed by atoms with Crippen LogP contribution in [-0.2, 0) is 4.74 Å². The van der Waals surface area contributed by atoms with Crippen LogP contribution in [0.25, 0.3) is 0 Å². The Morgan fingerprint density at radius 3 is 2.73 bits per heavy atom. The summed E-state index contributed by atoms with van der Waals surface area (Å²) in [5.41, 5.74) is 0.0645. The highest BCUT2D eigenvalue weighted by Gasteiger charge is 2.27. The minimum Gasteiger partial charge on any atom is -0.382 e. The van der Waals surface area contributed by atoms with E-state index in [0.29, 0.717) is 13.1 Å². The van der Waals surface area contributed by atoms with Gasteiger partial charge in [0.05, 0.1) is 0 Å². The van der Waals surface area contributed by atoms with Gasteiger partial charge in [-0.2, -0.15) is 0 Å². The topological polar surface area (TPSA) is 48.9 Å². The fourth-order valence-corrected chi connectivity index (χ4v) is 3.04. The zero-order valence-corrected chi connectivity index (χ0v) is 15.7. The Morgan fingerprint density at radius 1 is 1.27 bits per heavy atom. The summed E-state index contributed by atoms with van der Waals surface area (Å²) in [4.78, 5) is 6.34. The van der Waals surface area contributed by atoms with E-state index in [1.807, 2.05) is 13.8 Å². The van der Waals surface area contributed by atoms with E-state index < -0.39 is 11.6 Å². The predicted molar refractivity (Wildman–Crippen MR) is 102 cm³/mol. The molecule has 1 aliphatic heterocycles. The summed E-state index contributed by atoms with van der Waals surface area (Å²) in [6.07, 6.45) is 2.76. The third kappa shape index (κ3) is 6.12. The fraction of sp³-hybridized carbons (Fsp3) is 0.632. The second-order valence-corrected chi connectivity index (χ2v) is 6.31. The number of aliphatic imine (C=N–C) groups is 1. The second kappa shape index (κ2) is 11.0. The number of hydrogen-bond donors (Lipinski definition) is 2. The van der Waals surface area contributed by atoms with Crippen molar-refractivity contribution in [3.63, 3.8) is 0 Å². The molecule has 0 aliphatic carbocycles. The number of rotatable bonds is 9. The van der Waals surface area contributed by atoms with Crippen LogP contribution in [0, 0.1) is 11.6 Å². The van der Waals surface area contributed by atoms with Crippen LogP contribution in [0.1, 0.15) is 33.1 Å². The van der Waals surface area contributed by atoms with Crippen molar-refractivity contribution < 1.29 is 13.5 Å². The number of benzene rings is 1. The normalized spacial score (nSPS) is 17.6. The van der Waals surface area contributed by atoms with Gasteiger partial charge in [-0.15, -0.1) is 0 Å². The van der Waals surface area contributed by atoms with Crippen molar-refractivity contribution in [3.05, 3.63) is 29.8 Å². The first-order valence-corrected chi connectivity index (χ1v) is 9.47. The molecule has 1 atom stereocenters. The van der Waals surface area contributed by atoms with Crippen LogP contribution in [0.15, 0.2) is 23.2 Å². The van der Waals surface area contributed by atoms with Gasteiger partial charge in [0.2, 0.25) is 0 Å².